The van der Waals surface area contributed by atoms with Crippen molar-refractivity contribution in [2.75, 3.05) is 13.1 Å². The van der Waals surface area contributed by atoms with Crippen LogP contribution in [0.3, 0.4) is 0 Å². The molecule has 0 unspecified atom stereocenters. The van der Waals surface area contributed by atoms with Gasteiger partial charge in [-0.25, -0.2) is 4.98 Å². The second kappa shape index (κ2) is 5.87. The van der Waals surface area contributed by atoms with Crippen molar-refractivity contribution in [3.63, 3.8) is 0 Å². The number of hydrogen-bond acceptors (Lipinski definition) is 4. The molecule has 1 aliphatic heterocycles. The molecule has 3 heterocycles. The van der Waals surface area contributed by atoms with E-state index in [-0.39, 0.29) is 5.56 Å². The monoisotopic (exact) mass is 323 g/mol. The second-order valence-electron chi connectivity index (χ2n) is 6.58. The summed E-state index contributed by atoms with van der Waals surface area (Å²) in [6, 6.07) is 7.75. The zero-order valence-corrected chi connectivity index (χ0v) is 14.0. The minimum Gasteiger partial charge on any atom is -0.298 e. The molecule has 6 heteroatoms. The standard InChI is InChI=1S/C18H21N5O/c1-12-5-6-14(9-13(12)2)17-20-18-19-15(10-16(24)23(18)21-17)11-22-7-3-4-8-22/h5-6,9-10H,3-4,7-8,11H2,1-2H3,(H,19,20,21). The van der Waals surface area contributed by atoms with Gasteiger partial charge in [0.15, 0.2) is 5.82 Å². The molecule has 1 aromatic carbocycles. The van der Waals surface area contributed by atoms with Gasteiger partial charge in [-0.2, -0.15) is 9.50 Å². The van der Waals surface area contributed by atoms with Crippen LogP contribution in [-0.2, 0) is 6.54 Å². The van der Waals surface area contributed by atoms with Crippen LogP contribution in [0.15, 0.2) is 29.1 Å². The summed E-state index contributed by atoms with van der Waals surface area (Å²) in [5, 5.41) is 3.06. The van der Waals surface area contributed by atoms with Crippen molar-refractivity contribution < 1.29 is 0 Å². The van der Waals surface area contributed by atoms with Gasteiger partial charge in [-0.3, -0.25) is 14.8 Å². The van der Waals surface area contributed by atoms with Crippen LogP contribution in [-0.4, -0.2) is 37.6 Å². The third-order valence-electron chi connectivity index (χ3n) is 4.75. The lowest BCUT2D eigenvalue weighted by molar-refractivity contribution is 0.327. The SMILES string of the molecule is Cc1ccc(-c2nc3nc(CN4CCCC4)cc(=O)n3[nH]2)cc1C. The predicted octanol–water partition coefficient (Wildman–Crippen LogP) is 2.30. The van der Waals surface area contributed by atoms with E-state index in [1.807, 2.05) is 6.07 Å². The highest BCUT2D eigenvalue weighted by Gasteiger charge is 2.15. The molecule has 1 N–H and O–H groups in total. The number of likely N-dealkylation sites (tertiary alicyclic amines) is 1. The van der Waals surface area contributed by atoms with Crippen molar-refractivity contribution in [1.82, 2.24) is 24.5 Å². The van der Waals surface area contributed by atoms with Crippen molar-refractivity contribution in [2.24, 2.45) is 0 Å². The number of H-pyrrole nitrogens is 1. The number of aromatic amines is 1. The first kappa shape index (κ1) is 15.1. The predicted molar refractivity (Wildman–Crippen MR) is 93.0 cm³/mol. The maximum atomic E-state index is 12.4. The van der Waals surface area contributed by atoms with Gasteiger partial charge in [0, 0.05) is 18.2 Å². The minimum absolute atomic E-state index is 0.114. The zero-order valence-electron chi connectivity index (χ0n) is 14.0. The molecule has 1 saturated heterocycles. The molecule has 0 bridgehead atoms. The average Bonchev–Trinajstić information content (AvgIpc) is 3.19. The van der Waals surface area contributed by atoms with Crippen LogP contribution >= 0.6 is 0 Å². The minimum atomic E-state index is -0.114. The fourth-order valence-electron chi connectivity index (χ4n) is 3.20. The van der Waals surface area contributed by atoms with E-state index < -0.39 is 0 Å². The first-order valence-corrected chi connectivity index (χ1v) is 8.39. The molecular weight excluding hydrogens is 302 g/mol. The Morgan fingerprint density at radius 1 is 1.08 bits per heavy atom. The molecule has 0 radical (unpaired) electrons. The van der Waals surface area contributed by atoms with Gasteiger partial charge in [0.25, 0.3) is 11.3 Å². The van der Waals surface area contributed by atoms with Crippen LogP contribution in [0.5, 0.6) is 0 Å². The van der Waals surface area contributed by atoms with Crippen LogP contribution in [0.4, 0.5) is 0 Å². The maximum absolute atomic E-state index is 12.4. The Kier molecular flexibility index (Phi) is 3.69. The van der Waals surface area contributed by atoms with Crippen molar-refractivity contribution >= 4 is 5.78 Å². The molecular formula is C18H21N5O. The van der Waals surface area contributed by atoms with Crippen LogP contribution in [0.1, 0.15) is 29.7 Å². The average molecular weight is 323 g/mol. The second-order valence-corrected chi connectivity index (χ2v) is 6.58. The molecule has 24 heavy (non-hydrogen) atoms. The van der Waals surface area contributed by atoms with Gasteiger partial charge >= 0.3 is 0 Å². The van der Waals surface area contributed by atoms with E-state index in [9.17, 15) is 4.79 Å². The molecule has 1 fully saturated rings. The Hall–Kier alpha value is -2.47. The summed E-state index contributed by atoms with van der Waals surface area (Å²) < 4.78 is 1.41. The molecule has 1 aliphatic rings. The number of aromatic nitrogens is 4. The lowest BCUT2D eigenvalue weighted by Crippen LogP contribution is -2.22. The van der Waals surface area contributed by atoms with Gasteiger partial charge in [0.05, 0.1) is 5.69 Å². The van der Waals surface area contributed by atoms with Crippen molar-refractivity contribution in [1.29, 1.82) is 0 Å². The number of rotatable bonds is 3. The smallest absolute Gasteiger partial charge is 0.274 e. The van der Waals surface area contributed by atoms with Gasteiger partial charge in [-0.15, -0.1) is 0 Å². The van der Waals surface area contributed by atoms with Gasteiger partial charge in [0.1, 0.15) is 0 Å². The Bertz CT molecular complexity index is 950. The van der Waals surface area contributed by atoms with E-state index >= 15 is 0 Å². The van der Waals surface area contributed by atoms with Gasteiger partial charge in [-0.1, -0.05) is 12.1 Å². The highest BCUT2D eigenvalue weighted by Crippen LogP contribution is 2.19. The molecule has 3 aromatic rings. The Labute approximate surface area is 140 Å². The first-order chi connectivity index (χ1) is 11.6. The van der Waals surface area contributed by atoms with E-state index in [0.29, 0.717) is 11.6 Å². The first-order valence-electron chi connectivity index (χ1n) is 8.39. The van der Waals surface area contributed by atoms with Crippen molar-refractivity contribution in [2.45, 2.75) is 33.2 Å². The van der Waals surface area contributed by atoms with Crippen molar-refractivity contribution in [3.05, 3.63) is 51.4 Å². The van der Waals surface area contributed by atoms with Crippen LogP contribution in [0.25, 0.3) is 17.2 Å². The molecule has 124 valence electrons. The molecule has 6 nitrogen and oxygen atoms in total. The molecule has 0 aliphatic carbocycles. The summed E-state index contributed by atoms with van der Waals surface area (Å²) in [6.07, 6.45) is 2.45. The van der Waals surface area contributed by atoms with Gasteiger partial charge < -0.3 is 0 Å². The van der Waals surface area contributed by atoms with E-state index in [4.69, 9.17) is 0 Å². The third kappa shape index (κ3) is 2.73. The highest BCUT2D eigenvalue weighted by atomic mass is 16.1. The zero-order chi connectivity index (χ0) is 16.7. The molecule has 0 saturated carbocycles. The van der Waals surface area contributed by atoms with Crippen LogP contribution < -0.4 is 5.56 Å². The lowest BCUT2D eigenvalue weighted by atomic mass is 10.1. The quantitative estimate of drug-likeness (QED) is 0.803. The number of aryl methyl sites for hydroxylation is 2. The molecule has 0 spiro atoms. The largest absolute Gasteiger partial charge is 0.298 e. The molecule has 0 amide bonds. The number of benzene rings is 1. The number of fused-ring (bicyclic) bond motifs is 1. The van der Waals surface area contributed by atoms with Gasteiger partial charge in [0.2, 0.25) is 0 Å². The van der Waals surface area contributed by atoms with Crippen molar-refractivity contribution in [3.8, 4) is 11.4 Å². The summed E-state index contributed by atoms with van der Waals surface area (Å²) in [5.74, 6) is 1.10. The Morgan fingerprint density at radius 2 is 1.88 bits per heavy atom. The lowest BCUT2D eigenvalue weighted by Gasteiger charge is -2.12. The number of nitrogens with one attached hydrogen (secondary N) is 1. The normalized spacial score (nSPS) is 15.4. The number of nitrogens with zero attached hydrogens (tertiary/aromatic N) is 4. The van der Waals surface area contributed by atoms with E-state index in [2.05, 4.69) is 45.9 Å². The summed E-state index contributed by atoms with van der Waals surface area (Å²) in [5.41, 5.74) is 4.07. The Balaban J connectivity index is 1.72. The maximum Gasteiger partial charge on any atom is 0.274 e. The summed E-state index contributed by atoms with van der Waals surface area (Å²) in [7, 11) is 0. The fourth-order valence-corrected chi connectivity index (χ4v) is 3.20. The summed E-state index contributed by atoms with van der Waals surface area (Å²) in [6.45, 7) is 7.02. The van der Waals surface area contributed by atoms with Crippen LogP contribution in [0.2, 0.25) is 0 Å². The molecule has 2 aromatic heterocycles. The van der Waals surface area contributed by atoms with E-state index in [1.165, 1.54) is 28.5 Å². The van der Waals surface area contributed by atoms with E-state index in [0.717, 1.165) is 30.9 Å². The topological polar surface area (TPSA) is 66.3 Å². The third-order valence-corrected chi connectivity index (χ3v) is 4.75. The summed E-state index contributed by atoms with van der Waals surface area (Å²) in [4.78, 5) is 23.8. The highest BCUT2D eigenvalue weighted by molar-refractivity contribution is 5.58. The number of hydrogen-bond donors (Lipinski definition) is 1. The van der Waals surface area contributed by atoms with E-state index in [1.54, 1.807) is 6.07 Å². The van der Waals surface area contributed by atoms with Crippen LogP contribution in [0, 0.1) is 13.8 Å². The molecule has 0 atom stereocenters. The Morgan fingerprint density at radius 3 is 2.62 bits per heavy atom. The fraction of sp³-hybridized carbons (Fsp3) is 0.389. The van der Waals surface area contributed by atoms with Gasteiger partial charge in [-0.05, 0) is 57.0 Å². The molecule has 4 rings (SSSR count). The summed E-state index contributed by atoms with van der Waals surface area (Å²) >= 11 is 0.